The first-order chi connectivity index (χ1) is 12.1. The highest BCUT2D eigenvalue weighted by Gasteiger charge is 2.70. The Balaban J connectivity index is 1.88. The summed E-state index contributed by atoms with van der Waals surface area (Å²) in [5.41, 5.74) is -0.365. The van der Waals surface area contributed by atoms with Crippen LogP contribution in [0, 0.1) is 10.1 Å². The molecule has 1 amide bonds. The Hall–Kier alpha value is -2.42. The number of benzene rings is 1. The summed E-state index contributed by atoms with van der Waals surface area (Å²) in [6.07, 6.45) is 1.98. The number of carboxylic acid groups (broad SMARTS) is 1. The van der Waals surface area contributed by atoms with E-state index in [2.05, 4.69) is 4.99 Å². The number of thioether (sulfide) groups is 1. The number of carbonyl (C=O) groups is 2. The summed E-state index contributed by atoms with van der Waals surface area (Å²) >= 11 is 1.45. The van der Waals surface area contributed by atoms with Gasteiger partial charge in [-0.1, -0.05) is 6.92 Å². The number of β-lactam (4-membered cyclic amide) rings is 1. The van der Waals surface area contributed by atoms with Crippen molar-refractivity contribution < 1.29 is 19.6 Å². The predicted molar refractivity (Wildman–Crippen MR) is 97.4 cm³/mol. The van der Waals surface area contributed by atoms with E-state index in [1.54, 1.807) is 12.1 Å². The Morgan fingerprint density at radius 3 is 2.54 bits per heavy atom. The third kappa shape index (κ3) is 2.57. The summed E-state index contributed by atoms with van der Waals surface area (Å²) in [6, 6.07) is 5.01. The second kappa shape index (κ2) is 6.08. The average Bonchev–Trinajstić information content (AvgIpc) is 2.85. The molecule has 9 heteroatoms. The van der Waals surface area contributed by atoms with Crippen molar-refractivity contribution in [3.8, 4) is 0 Å². The van der Waals surface area contributed by atoms with E-state index in [0.29, 0.717) is 12.0 Å². The third-order valence-electron chi connectivity index (χ3n) is 4.94. The molecule has 1 unspecified atom stereocenters. The van der Waals surface area contributed by atoms with Gasteiger partial charge in [-0.2, -0.15) is 0 Å². The highest BCUT2D eigenvalue weighted by atomic mass is 32.2. The van der Waals surface area contributed by atoms with Crippen molar-refractivity contribution in [2.24, 2.45) is 4.99 Å². The molecular formula is C17H19N3O5S. The van der Waals surface area contributed by atoms with Gasteiger partial charge in [0.1, 0.15) is 11.4 Å². The van der Waals surface area contributed by atoms with Crippen LogP contribution in [0.1, 0.15) is 32.8 Å². The number of non-ortho nitro benzene ring substituents is 1. The molecule has 1 aromatic carbocycles. The van der Waals surface area contributed by atoms with Gasteiger partial charge in [-0.05, 0) is 38.0 Å². The first-order valence-electron chi connectivity index (χ1n) is 8.17. The number of aliphatic carboxylic acids is 1. The largest absolute Gasteiger partial charge is 0.480 e. The van der Waals surface area contributed by atoms with Crippen molar-refractivity contribution in [3.05, 3.63) is 39.9 Å². The van der Waals surface area contributed by atoms with Gasteiger partial charge in [0.05, 0.1) is 4.92 Å². The first kappa shape index (κ1) is 18.4. The van der Waals surface area contributed by atoms with Crippen LogP contribution in [0.3, 0.4) is 0 Å². The number of hydrogen-bond donors (Lipinski definition) is 1. The minimum absolute atomic E-state index is 0.0179. The van der Waals surface area contributed by atoms with E-state index >= 15 is 0 Å². The zero-order chi connectivity index (χ0) is 19.3. The van der Waals surface area contributed by atoms with E-state index in [0.717, 1.165) is 0 Å². The number of amides is 1. The van der Waals surface area contributed by atoms with Crippen LogP contribution < -0.4 is 0 Å². The molecule has 2 aliphatic heterocycles. The summed E-state index contributed by atoms with van der Waals surface area (Å²) in [6.45, 7) is 5.50. The number of rotatable bonds is 5. The molecular weight excluding hydrogens is 358 g/mol. The smallest absolute Gasteiger partial charge is 0.327 e. The molecule has 3 atom stereocenters. The number of nitro groups is 1. The lowest BCUT2D eigenvalue weighted by atomic mass is 9.83. The standard InChI is InChI=1S/C17H19N3O5S/c1-4-17(18-9-10-5-7-11(8-6-10)20(24)25)14(23)19-12(13(21)22)16(2,3)26-15(17)19/h5-9,12,15H,4H2,1-3H3,(H,21,22)/t12-,15+,17?/m0/s1. The van der Waals surface area contributed by atoms with Gasteiger partial charge in [0, 0.05) is 23.1 Å². The maximum Gasteiger partial charge on any atom is 0.327 e. The molecule has 0 saturated carbocycles. The Morgan fingerprint density at radius 1 is 1.42 bits per heavy atom. The van der Waals surface area contributed by atoms with E-state index in [-0.39, 0.29) is 17.0 Å². The van der Waals surface area contributed by atoms with Crippen molar-refractivity contribution >= 4 is 35.5 Å². The number of carbonyl (C=O) groups excluding carboxylic acids is 1. The van der Waals surface area contributed by atoms with E-state index in [1.165, 1.54) is 35.0 Å². The van der Waals surface area contributed by atoms with Crippen LogP contribution in [-0.4, -0.2) is 54.7 Å². The first-order valence-corrected chi connectivity index (χ1v) is 9.05. The SMILES string of the molecule is CCC1(N=Cc2ccc([N+](=O)[O-])cc2)C(=O)N2[C@@H](C(=O)O)C(C)(C)S[C@@H]21. The van der Waals surface area contributed by atoms with Gasteiger partial charge in [-0.15, -0.1) is 11.8 Å². The third-order valence-corrected chi connectivity index (χ3v) is 6.61. The molecule has 2 heterocycles. The van der Waals surface area contributed by atoms with Crippen LogP contribution in [-0.2, 0) is 9.59 Å². The van der Waals surface area contributed by atoms with Crippen molar-refractivity contribution in [1.82, 2.24) is 4.90 Å². The topological polar surface area (TPSA) is 113 Å². The summed E-state index contributed by atoms with van der Waals surface area (Å²) in [7, 11) is 0. The number of hydrogen-bond acceptors (Lipinski definition) is 6. The fourth-order valence-electron chi connectivity index (χ4n) is 3.52. The molecule has 0 aromatic heterocycles. The lowest BCUT2D eigenvalue weighted by Gasteiger charge is -2.50. The Bertz CT molecular complexity index is 807. The van der Waals surface area contributed by atoms with E-state index in [9.17, 15) is 24.8 Å². The lowest BCUT2D eigenvalue weighted by Crippen LogP contribution is -2.72. The maximum absolute atomic E-state index is 12.8. The van der Waals surface area contributed by atoms with Gasteiger partial charge in [-0.25, -0.2) is 4.79 Å². The lowest BCUT2D eigenvalue weighted by molar-refractivity contribution is -0.384. The van der Waals surface area contributed by atoms with E-state index in [4.69, 9.17) is 0 Å². The van der Waals surface area contributed by atoms with Crippen LogP contribution in [0.2, 0.25) is 0 Å². The predicted octanol–water partition coefficient (Wildman–Crippen LogP) is 2.31. The fourth-order valence-corrected chi connectivity index (χ4v) is 5.29. The zero-order valence-corrected chi connectivity index (χ0v) is 15.4. The summed E-state index contributed by atoms with van der Waals surface area (Å²) in [5, 5.41) is 19.9. The summed E-state index contributed by atoms with van der Waals surface area (Å²) in [4.78, 5) is 40.6. The maximum atomic E-state index is 12.8. The molecule has 2 aliphatic rings. The van der Waals surface area contributed by atoms with Crippen LogP contribution >= 0.6 is 11.8 Å². The highest BCUT2D eigenvalue weighted by Crippen LogP contribution is 2.57. The molecule has 1 aromatic rings. The van der Waals surface area contributed by atoms with Gasteiger partial charge in [-0.3, -0.25) is 19.9 Å². The normalized spacial score (nSPS) is 29.5. The van der Waals surface area contributed by atoms with Crippen LogP contribution in [0.25, 0.3) is 0 Å². The molecule has 8 nitrogen and oxygen atoms in total. The van der Waals surface area contributed by atoms with Gasteiger partial charge in [0.15, 0.2) is 5.54 Å². The summed E-state index contributed by atoms with van der Waals surface area (Å²) in [5.74, 6) is -1.30. The quantitative estimate of drug-likeness (QED) is 0.365. The minimum Gasteiger partial charge on any atom is -0.480 e. The second-order valence-electron chi connectivity index (χ2n) is 6.91. The molecule has 2 fully saturated rings. The second-order valence-corrected chi connectivity index (χ2v) is 8.65. The van der Waals surface area contributed by atoms with E-state index in [1.807, 2.05) is 20.8 Å². The van der Waals surface area contributed by atoms with Crippen LogP contribution in [0.15, 0.2) is 29.3 Å². The van der Waals surface area contributed by atoms with Gasteiger partial charge in [0.25, 0.3) is 11.6 Å². The van der Waals surface area contributed by atoms with E-state index < -0.39 is 27.2 Å². The molecule has 1 N–H and O–H groups in total. The number of fused-ring (bicyclic) bond motifs is 1. The average molecular weight is 377 g/mol. The minimum atomic E-state index is -1.01. The van der Waals surface area contributed by atoms with Gasteiger partial charge >= 0.3 is 5.97 Å². The molecule has 0 aliphatic carbocycles. The Morgan fingerprint density at radius 2 is 2.04 bits per heavy atom. The monoisotopic (exact) mass is 377 g/mol. The Kier molecular flexibility index (Phi) is 4.30. The van der Waals surface area contributed by atoms with Gasteiger partial charge < -0.3 is 10.0 Å². The highest BCUT2D eigenvalue weighted by molar-refractivity contribution is 8.01. The van der Waals surface area contributed by atoms with Crippen molar-refractivity contribution in [1.29, 1.82) is 0 Å². The van der Waals surface area contributed by atoms with Crippen molar-refractivity contribution in [3.63, 3.8) is 0 Å². The molecule has 2 saturated heterocycles. The number of aliphatic imine (C=N–C) groups is 1. The van der Waals surface area contributed by atoms with Gasteiger partial charge in [0.2, 0.25) is 0 Å². The Labute approximate surface area is 154 Å². The molecule has 0 bridgehead atoms. The number of nitrogens with zero attached hydrogens (tertiary/aromatic N) is 3. The van der Waals surface area contributed by atoms with Crippen molar-refractivity contribution in [2.75, 3.05) is 0 Å². The molecule has 0 radical (unpaired) electrons. The zero-order valence-electron chi connectivity index (χ0n) is 14.6. The number of carboxylic acids is 1. The van der Waals surface area contributed by atoms with Crippen LogP contribution in [0.5, 0.6) is 0 Å². The van der Waals surface area contributed by atoms with Crippen LogP contribution in [0.4, 0.5) is 5.69 Å². The molecule has 0 spiro atoms. The summed E-state index contributed by atoms with van der Waals surface area (Å²) < 4.78 is -0.605. The molecule has 3 rings (SSSR count). The number of nitro benzene ring substituents is 1. The fraction of sp³-hybridized carbons (Fsp3) is 0.471. The van der Waals surface area contributed by atoms with Crippen molar-refractivity contribution in [2.45, 2.75) is 48.9 Å². The molecule has 138 valence electrons. The molecule has 26 heavy (non-hydrogen) atoms.